The quantitative estimate of drug-likeness (QED) is 0.739. The van der Waals surface area contributed by atoms with Crippen LogP contribution < -0.4 is 4.74 Å². The molecule has 0 aliphatic carbocycles. The van der Waals surface area contributed by atoms with E-state index in [9.17, 15) is 4.79 Å². The smallest absolute Gasteiger partial charge is 0.146 e. The fraction of sp³-hybridized carbons (Fsp3) is 0.417. The van der Waals surface area contributed by atoms with Crippen LogP contribution in [-0.2, 0) is 9.53 Å². The molecule has 0 bridgehead atoms. The molecule has 15 heavy (non-hydrogen) atoms. The molecule has 1 atom stereocenters. The van der Waals surface area contributed by atoms with Gasteiger partial charge in [-0.2, -0.15) is 0 Å². The van der Waals surface area contributed by atoms with Gasteiger partial charge in [-0.25, -0.2) is 0 Å². The number of Topliss-reactive ketones (excluding diaryl/α,β-unsaturated/α-hetero) is 1. The molecule has 3 nitrogen and oxygen atoms in total. The lowest BCUT2D eigenvalue weighted by molar-refractivity contribution is -0.121. The summed E-state index contributed by atoms with van der Waals surface area (Å²) in [5.41, 5.74) is 0.946. The third-order valence-corrected chi connectivity index (χ3v) is 2.62. The van der Waals surface area contributed by atoms with Gasteiger partial charge in [0.15, 0.2) is 0 Å². The molecule has 0 fully saturated rings. The van der Waals surface area contributed by atoms with Crippen LogP contribution >= 0.6 is 0 Å². The molecule has 3 heteroatoms. The molecule has 80 valence electrons. The second kappa shape index (κ2) is 4.45. The van der Waals surface area contributed by atoms with Crippen molar-refractivity contribution < 1.29 is 14.3 Å². The van der Waals surface area contributed by atoms with Crippen LogP contribution in [0.3, 0.4) is 0 Å². The number of hydrogen-bond acceptors (Lipinski definition) is 3. The molecule has 0 saturated carbocycles. The Morgan fingerprint density at radius 1 is 1.47 bits per heavy atom. The van der Waals surface area contributed by atoms with Gasteiger partial charge in [-0.1, -0.05) is 18.2 Å². The summed E-state index contributed by atoms with van der Waals surface area (Å²) in [4.78, 5) is 11.8. The summed E-state index contributed by atoms with van der Waals surface area (Å²) in [5, 5.41) is 0. The van der Waals surface area contributed by atoms with Gasteiger partial charge < -0.3 is 9.47 Å². The van der Waals surface area contributed by atoms with Crippen molar-refractivity contribution in [2.75, 3.05) is 20.3 Å². The Bertz CT molecular complexity index is 360. The molecular formula is C12H14O3. The Balaban J connectivity index is 2.38. The molecule has 1 aromatic rings. The standard InChI is InChI=1S/C12H14O3/c1-14-8-10-9-4-2-3-5-12(9)15-7-6-11(10)13/h2-5,10H,6-8H2,1H3. The summed E-state index contributed by atoms with van der Waals surface area (Å²) >= 11 is 0. The van der Waals surface area contributed by atoms with Gasteiger partial charge in [0.05, 0.1) is 19.1 Å². The van der Waals surface area contributed by atoms with E-state index in [0.29, 0.717) is 19.6 Å². The molecule has 1 unspecified atom stereocenters. The van der Waals surface area contributed by atoms with Gasteiger partial charge >= 0.3 is 0 Å². The van der Waals surface area contributed by atoms with E-state index in [1.165, 1.54) is 0 Å². The van der Waals surface area contributed by atoms with E-state index in [-0.39, 0.29) is 11.7 Å². The Labute approximate surface area is 89.0 Å². The Morgan fingerprint density at radius 3 is 3.07 bits per heavy atom. The molecule has 0 spiro atoms. The number of ketones is 1. The lowest BCUT2D eigenvalue weighted by atomic mass is 9.94. The molecule has 0 radical (unpaired) electrons. The molecule has 1 aliphatic heterocycles. The third-order valence-electron chi connectivity index (χ3n) is 2.62. The maximum atomic E-state index is 11.8. The summed E-state index contributed by atoms with van der Waals surface area (Å²) < 4.78 is 10.6. The van der Waals surface area contributed by atoms with Crippen molar-refractivity contribution in [3.63, 3.8) is 0 Å². The second-order valence-corrected chi connectivity index (χ2v) is 3.61. The van der Waals surface area contributed by atoms with E-state index in [1.807, 2.05) is 24.3 Å². The number of carbonyl (C=O) groups is 1. The van der Waals surface area contributed by atoms with Gasteiger partial charge in [0.25, 0.3) is 0 Å². The maximum absolute atomic E-state index is 11.8. The average molecular weight is 206 g/mol. The Hall–Kier alpha value is -1.35. The number of carbonyl (C=O) groups excluding carboxylic acids is 1. The van der Waals surface area contributed by atoms with Crippen LogP contribution in [0.25, 0.3) is 0 Å². The maximum Gasteiger partial charge on any atom is 0.146 e. The van der Waals surface area contributed by atoms with Crippen molar-refractivity contribution in [1.29, 1.82) is 0 Å². The van der Waals surface area contributed by atoms with Crippen LogP contribution in [0.15, 0.2) is 24.3 Å². The van der Waals surface area contributed by atoms with E-state index >= 15 is 0 Å². The highest BCUT2D eigenvalue weighted by Gasteiger charge is 2.26. The lowest BCUT2D eigenvalue weighted by Gasteiger charge is -2.13. The average Bonchev–Trinajstić information content (AvgIpc) is 2.40. The minimum absolute atomic E-state index is 0.173. The van der Waals surface area contributed by atoms with Crippen LogP contribution in [0.1, 0.15) is 17.9 Å². The fourth-order valence-electron chi connectivity index (χ4n) is 1.86. The summed E-state index contributed by atoms with van der Waals surface area (Å²) in [7, 11) is 1.61. The number of benzene rings is 1. The van der Waals surface area contributed by atoms with Crippen LogP contribution in [0.5, 0.6) is 5.75 Å². The van der Waals surface area contributed by atoms with E-state index in [4.69, 9.17) is 9.47 Å². The topological polar surface area (TPSA) is 35.5 Å². The molecule has 0 amide bonds. The highest BCUT2D eigenvalue weighted by Crippen LogP contribution is 2.30. The first-order valence-corrected chi connectivity index (χ1v) is 5.06. The lowest BCUT2D eigenvalue weighted by Crippen LogP contribution is -2.16. The summed E-state index contributed by atoms with van der Waals surface area (Å²) in [5.74, 6) is 0.834. The SMILES string of the molecule is COCC1C(=O)CCOc2ccccc21. The molecule has 2 rings (SSSR count). The number of rotatable bonds is 2. The number of hydrogen-bond donors (Lipinski definition) is 0. The predicted octanol–water partition coefficient (Wildman–Crippen LogP) is 1.77. The molecule has 0 N–H and O–H groups in total. The van der Waals surface area contributed by atoms with E-state index in [1.54, 1.807) is 7.11 Å². The van der Waals surface area contributed by atoms with Gasteiger partial charge in [0.2, 0.25) is 0 Å². The minimum atomic E-state index is -0.173. The molecular weight excluding hydrogens is 192 g/mol. The van der Waals surface area contributed by atoms with Crippen LogP contribution in [0.4, 0.5) is 0 Å². The summed E-state index contributed by atoms with van der Waals surface area (Å²) in [6.07, 6.45) is 0.461. The van der Waals surface area contributed by atoms with Gasteiger partial charge in [-0.3, -0.25) is 4.79 Å². The largest absolute Gasteiger partial charge is 0.493 e. The van der Waals surface area contributed by atoms with Gasteiger partial charge in [-0.05, 0) is 6.07 Å². The first-order chi connectivity index (χ1) is 7.33. The molecule has 0 saturated heterocycles. The third kappa shape index (κ3) is 2.02. The zero-order valence-electron chi connectivity index (χ0n) is 8.73. The van der Waals surface area contributed by atoms with Crippen LogP contribution in [0.2, 0.25) is 0 Å². The van der Waals surface area contributed by atoms with Crippen LogP contribution in [-0.4, -0.2) is 26.1 Å². The van der Waals surface area contributed by atoms with E-state index in [0.717, 1.165) is 11.3 Å². The molecule has 1 heterocycles. The second-order valence-electron chi connectivity index (χ2n) is 3.61. The number of para-hydroxylation sites is 1. The Morgan fingerprint density at radius 2 is 2.27 bits per heavy atom. The summed E-state index contributed by atoms with van der Waals surface area (Å²) in [6.45, 7) is 0.898. The predicted molar refractivity (Wildman–Crippen MR) is 56.2 cm³/mol. The van der Waals surface area contributed by atoms with Crippen LogP contribution in [0, 0.1) is 0 Å². The van der Waals surface area contributed by atoms with Crippen molar-refractivity contribution in [1.82, 2.24) is 0 Å². The van der Waals surface area contributed by atoms with Crippen molar-refractivity contribution in [2.45, 2.75) is 12.3 Å². The highest BCUT2D eigenvalue weighted by molar-refractivity contribution is 5.87. The Kier molecular flexibility index (Phi) is 3.02. The number of methoxy groups -OCH3 is 1. The number of fused-ring (bicyclic) bond motifs is 1. The zero-order chi connectivity index (χ0) is 10.7. The van der Waals surface area contributed by atoms with Gasteiger partial charge in [0.1, 0.15) is 11.5 Å². The van der Waals surface area contributed by atoms with Gasteiger partial charge in [-0.15, -0.1) is 0 Å². The van der Waals surface area contributed by atoms with E-state index < -0.39 is 0 Å². The molecule has 1 aromatic carbocycles. The van der Waals surface area contributed by atoms with Crippen molar-refractivity contribution in [3.8, 4) is 5.75 Å². The van der Waals surface area contributed by atoms with Crippen molar-refractivity contribution in [3.05, 3.63) is 29.8 Å². The highest BCUT2D eigenvalue weighted by atomic mass is 16.5. The summed E-state index contributed by atoms with van der Waals surface area (Å²) in [6, 6.07) is 7.67. The normalized spacial score (nSPS) is 20.3. The zero-order valence-corrected chi connectivity index (χ0v) is 8.73. The van der Waals surface area contributed by atoms with E-state index in [2.05, 4.69) is 0 Å². The molecule has 1 aliphatic rings. The first-order valence-electron chi connectivity index (χ1n) is 5.06. The van der Waals surface area contributed by atoms with Gasteiger partial charge in [0, 0.05) is 19.1 Å². The first kappa shape index (κ1) is 10.2. The molecule has 0 aromatic heterocycles. The van der Waals surface area contributed by atoms with Crippen molar-refractivity contribution in [2.24, 2.45) is 0 Å². The monoisotopic (exact) mass is 206 g/mol. The fourth-order valence-corrected chi connectivity index (χ4v) is 1.86. The minimum Gasteiger partial charge on any atom is -0.493 e. The van der Waals surface area contributed by atoms with Crippen molar-refractivity contribution >= 4 is 5.78 Å². The number of ether oxygens (including phenoxy) is 2.